The van der Waals surface area contributed by atoms with Crippen LogP contribution in [-0.4, -0.2) is 16.1 Å². The number of rotatable bonds is 3. The summed E-state index contributed by atoms with van der Waals surface area (Å²) in [5.41, 5.74) is 5.70. The fourth-order valence-corrected chi connectivity index (χ4v) is 2.86. The van der Waals surface area contributed by atoms with E-state index < -0.39 is 0 Å². The van der Waals surface area contributed by atoms with Gasteiger partial charge in [-0.3, -0.25) is 9.89 Å². The minimum Gasteiger partial charge on any atom is -0.326 e. The van der Waals surface area contributed by atoms with Crippen molar-refractivity contribution in [1.82, 2.24) is 10.2 Å². The summed E-state index contributed by atoms with van der Waals surface area (Å²) in [5.74, 6) is 0.391. The number of nitrogens with zero attached hydrogens (tertiary/aromatic N) is 1. The zero-order valence-corrected chi connectivity index (χ0v) is 11.3. The third-order valence-corrected chi connectivity index (χ3v) is 4.18. The van der Waals surface area contributed by atoms with Gasteiger partial charge in [0.15, 0.2) is 0 Å². The Hall–Kier alpha value is -2.10. The monoisotopic (exact) mass is 267 g/mol. The van der Waals surface area contributed by atoms with Crippen molar-refractivity contribution in [2.75, 3.05) is 5.32 Å². The summed E-state index contributed by atoms with van der Waals surface area (Å²) < 4.78 is 0. The zero-order chi connectivity index (χ0) is 13.5. The van der Waals surface area contributed by atoms with Gasteiger partial charge in [-0.05, 0) is 44.2 Å². The fourth-order valence-electron chi connectivity index (χ4n) is 2.86. The van der Waals surface area contributed by atoms with Crippen LogP contribution in [0.1, 0.15) is 30.5 Å². The van der Waals surface area contributed by atoms with Crippen molar-refractivity contribution in [3.8, 4) is 11.3 Å². The highest BCUT2D eigenvalue weighted by Gasteiger charge is 2.29. The van der Waals surface area contributed by atoms with Gasteiger partial charge in [0.05, 0.1) is 5.69 Å². The predicted molar refractivity (Wildman–Crippen MR) is 77.4 cm³/mol. The van der Waals surface area contributed by atoms with Gasteiger partial charge >= 0.3 is 0 Å². The van der Waals surface area contributed by atoms with E-state index in [0.29, 0.717) is 0 Å². The lowest BCUT2D eigenvalue weighted by atomic mass is 10.1. The second kappa shape index (κ2) is 4.47. The molecule has 2 aliphatic carbocycles. The summed E-state index contributed by atoms with van der Waals surface area (Å²) in [7, 11) is 0. The molecule has 20 heavy (non-hydrogen) atoms. The molecule has 0 radical (unpaired) electrons. The molecule has 102 valence electrons. The van der Waals surface area contributed by atoms with Crippen molar-refractivity contribution < 1.29 is 4.79 Å². The predicted octanol–water partition coefficient (Wildman–Crippen LogP) is 2.91. The molecule has 2 aromatic rings. The van der Waals surface area contributed by atoms with E-state index in [4.69, 9.17) is 0 Å². The standard InChI is InChI=1S/C16H17N3O/c20-16(11-4-5-11)17-12-8-6-10(7-9-12)15-13-2-1-3-14(13)18-19-15/h6-9,11H,1-5H2,(H,17,20)(H,18,19). The van der Waals surface area contributed by atoms with Gasteiger partial charge < -0.3 is 5.32 Å². The molecule has 1 fully saturated rings. The number of nitrogens with one attached hydrogen (secondary N) is 2. The van der Waals surface area contributed by atoms with E-state index in [9.17, 15) is 4.79 Å². The number of carbonyl (C=O) groups is 1. The van der Waals surface area contributed by atoms with E-state index >= 15 is 0 Å². The Morgan fingerprint density at radius 2 is 2.00 bits per heavy atom. The molecule has 0 bridgehead atoms. The Morgan fingerprint density at radius 1 is 1.20 bits per heavy atom. The molecule has 1 heterocycles. The van der Waals surface area contributed by atoms with Crippen LogP contribution in [0.5, 0.6) is 0 Å². The van der Waals surface area contributed by atoms with Gasteiger partial charge in [-0.1, -0.05) is 12.1 Å². The van der Waals surface area contributed by atoms with Crippen molar-refractivity contribution in [2.24, 2.45) is 5.92 Å². The topological polar surface area (TPSA) is 57.8 Å². The number of carbonyl (C=O) groups excluding carboxylic acids is 1. The Morgan fingerprint density at radius 3 is 2.75 bits per heavy atom. The summed E-state index contributed by atoms with van der Waals surface area (Å²) in [6, 6.07) is 8.01. The largest absolute Gasteiger partial charge is 0.326 e. The first-order chi connectivity index (χ1) is 9.81. The Labute approximate surface area is 117 Å². The number of benzene rings is 1. The molecule has 1 saturated carbocycles. The number of aromatic nitrogens is 2. The second-order valence-corrected chi connectivity index (χ2v) is 5.72. The van der Waals surface area contributed by atoms with E-state index in [1.54, 1.807) is 0 Å². The molecule has 2 aliphatic rings. The molecule has 1 aromatic carbocycles. The zero-order valence-electron chi connectivity index (χ0n) is 11.3. The molecule has 0 atom stereocenters. The van der Waals surface area contributed by atoms with Gasteiger partial charge in [-0.2, -0.15) is 5.10 Å². The average molecular weight is 267 g/mol. The van der Waals surface area contributed by atoms with Crippen molar-refractivity contribution in [3.63, 3.8) is 0 Å². The summed E-state index contributed by atoms with van der Waals surface area (Å²) in [6.45, 7) is 0. The third kappa shape index (κ3) is 2.01. The molecule has 4 nitrogen and oxygen atoms in total. The normalized spacial score (nSPS) is 17.0. The number of hydrogen-bond donors (Lipinski definition) is 2. The molecule has 4 heteroatoms. The van der Waals surface area contributed by atoms with Crippen LogP contribution in [0.25, 0.3) is 11.3 Å². The van der Waals surface area contributed by atoms with Gasteiger partial charge in [-0.15, -0.1) is 0 Å². The lowest BCUT2D eigenvalue weighted by molar-refractivity contribution is -0.117. The van der Waals surface area contributed by atoms with Crippen LogP contribution in [0.4, 0.5) is 5.69 Å². The van der Waals surface area contributed by atoms with Crippen LogP contribution < -0.4 is 5.32 Å². The van der Waals surface area contributed by atoms with Crippen molar-refractivity contribution >= 4 is 11.6 Å². The molecule has 2 N–H and O–H groups in total. The molecular formula is C16H17N3O. The first-order valence-electron chi connectivity index (χ1n) is 7.28. The first kappa shape index (κ1) is 11.7. The highest BCUT2D eigenvalue weighted by molar-refractivity contribution is 5.94. The van der Waals surface area contributed by atoms with Crippen molar-refractivity contribution in [3.05, 3.63) is 35.5 Å². The minimum absolute atomic E-state index is 0.151. The fraction of sp³-hybridized carbons (Fsp3) is 0.375. The maximum Gasteiger partial charge on any atom is 0.227 e. The number of aryl methyl sites for hydroxylation is 1. The first-order valence-corrected chi connectivity index (χ1v) is 7.28. The molecule has 1 amide bonds. The average Bonchev–Trinajstić information content (AvgIpc) is 3.08. The van der Waals surface area contributed by atoms with Gasteiger partial charge in [0, 0.05) is 28.4 Å². The van der Waals surface area contributed by atoms with E-state index in [0.717, 1.165) is 42.6 Å². The highest BCUT2D eigenvalue weighted by Crippen LogP contribution is 2.32. The maximum absolute atomic E-state index is 11.7. The van der Waals surface area contributed by atoms with Crippen LogP contribution in [-0.2, 0) is 17.6 Å². The number of H-pyrrole nitrogens is 1. The van der Waals surface area contributed by atoms with Gasteiger partial charge in [0.25, 0.3) is 0 Å². The quantitative estimate of drug-likeness (QED) is 0.898. The summed E-state index contributed by atoms with van der Waals surface area (Å²) in [4.78, 5) is 11.7. The number of anilines is 1. The van der Waals surface area contributed by atoms with Gasteiger partial charge in [0.2, 0.25) is 5.91 Å². The van der Waals surface area contributed by atoms with E-state index in [2.05, 4.69) is 15.5 Å². The third-order valence-electron chi connectivity index (χ3n) is 4.18. The molecule has 4 rings (SSSR count). The molecule has 0 aliphatic heterocycles. The lowest BCUT2D eigenvalue weighted by Crippen LogP contribution is -2.12. The smallest absolute Gasteiger partial charge is 0.227 e. The number of amides is 1. The molecule has 0 spiro atoms. The van der Waals surface area contributed by atoms with Crippen LogP contribution in [0.15, 0.2) is 24.3 Å². The minimum atomic E-state index is 0.151. The van der Waals surface area contributed by atoms with Crippen molar-refractivity contribution in [1.29, 1.82) is 0 Å². The second-order valence-electron chi connectivity index (χ2n) is 5.72. The summed E-state index contributed by atoms with van der Waals surface area (Å²) in [5, 5.41) is 10.5. The van der Waals surface area contributed by atoms with E-state index in [1.807, 2.05) is 24.3 Å². The summed E-state index contributed by atoms with van der Waals surface area (Å²) >= 11 is 0. The number of aromatic amines is 1. The van der Waals surface area contributed by atoms with E-state index in [1.165, 1.54) is 17.7 Å². The van der Waals surface area contributed by atoms with Crippen LogP contribution in [0, 0.1) is 5.92 Å². The highest BCUT2D eigenvalue weighted by atomic mass is 16.2. The maximum atomic E-state index is 11.7. The Balaban J connectivity index is 1.56. The van der Waals surface area contributed by atoms with Crippen LogP contribution >= 0.6 is 0 Å². The van der Waals surface area contributed by atoms with Crippen molar-refractivity contribution in [2.45, 2.75) is 32.1 Å². The molecular weight excluding hydrogens is 250 g/mol. The SMILES string of the molecule is O=C(Nc1ccc(-c2n[nH]c3c2CCC3)cc1)C1CC1. The Kier molecular flexibility index (Phi) is 2.62. The lowest BCUT2D eigenvalue weighted by Gasteiger charge is -2.05. The molecule has 0 unspecified atom stereocenters. The molecule has 1 aromatic heterocycles. The van der Waals surface area contributed by atoms with Gasteiger partial charge in [-0.25, -0.2) is 0 Å². The number of hydrogen-bond acceptors (Lipinski definition) is 2. The van der Waals surface area contributed by atoms with Crippen LogP contribution in [0.2, 0.25) is 0 Å². The van der Waals surface area contributed by atoms with Crippen LogP contribution in [0.3, 0.4) is 0 Å². The van der Waals surface area contributed by atoms with E-state index in [-0.39, 0.29) is 11.8 Å². The number of fused-ring (bicyclic) bond motifs is 1. The Bertz CT molecular complexity index is 653. The molecule has 0 saturated heterocycles. The summed E-state index contributed by atoms with van der Waals surface area (Å²) in [6.07, 6.45) is 5.50. The van der Waals surface area contributed by atoms with Gasteiger partial charge in [0.1, 0.15) is 0 Å².